The lowest BCUT2D eigenvalue weighted by atomic mass is 9.81. The fraction of sp³-hybridized carbons (Fsp3) is 0.500. The Bertz CT molecular complexity index is 577. The Labute approximate surface area is 121 Å². The van der Waals surface area contributed by atoms with Crippen molar-refractivity contribution < 1.29 is 0 Å². The molecule has 0 aliphatic carbocycles. The molecule has 0 saturated carbocycles. The molecule has 1 aliphatic heterocycles. The van der Waals surface area contributed by atoms with E-state index < -0.39 is 0 Å². The van der Waals surface area contributed by atoms with E-state index in [2.05, 4.69) is 54.5 Å². The number of nitrogens with zero attached hydrogens (tertiary/aromatic N) is 1. The molecule has 1 aliphatic rings. The van der Waals surface area contributed by atoms with Gasteiger partial charge in [-0.15, -0.1) is 0 Å². The second-order valence-electron chi connectivity index (χ2n) is 6.57. The molecule has 1 unspecified atom stereocenters. The molecule has 1 saturated heterocycles. The average Bonchev–Trinajstić information content (AvgIpc) is 2.86. The van der Waals surface area contributed by atoms with Crippen LogP contribution in [0.2, 0.25) is 0 Å². The van der Waals surface area contributed by atoms with Gasteiger partial charge in [0.1, 0.15) is 0 Å². The van der Waals surface area contributed by atoms with E-state index in [0.29, 0.717) is 0 Å². The van der Waals surface area contributed by atoms with Crippen LogP contribution in [0.1, 0.15) is 38.7 Å². The van der Waals surface area contributed by atoms with E-state index in [1.54, 1.807) is 0 Å². The number of para-hydroxylation sites is 1. The Balaban J connectivity index is 1.94. The van der Waals surface area contributed by atoms with Crippen molar-refractivity contribution >= 4 is 10.9 Å². The van der Waals surface area contributed by atoms with Gasteiger partial charge in [0, 0.05) is 17.1 Å². The molecule has 1 aromatic heterocycles. The van der Waals surface area contributed by atoms with E-state index in [-0.39, 0.29) is 5.54 Å². The first-order valence-corrected chi connectivity index (χ1v) is 7.76. The van der Waals surface area contributed by atoms with Gasteiger partial charge in [0.25, 0.3) is 0 Å². The number of nitrogens with one attached hydrogen (secondary N) is 1. The predicted molar refractivity (Wildman–Crippen MR) is 84.9 cm³/mol. The molecule has 2 nitrogen and oxygen atoms in total. The van der Waals surface area contributed by atoms with E-state index in [0.717, 1.165) is 24.4 Å². The predicted octanol–water partition coefficient (Wildman–Crippen LogP) is 3.95. The summed E-state index contributed by atoms with van der Waals surface area (Å²) < 4.78 is 0. The first kappa shape index (κ1) is 13.6. The van der Waals surface area contributed by atoms with Crippen molar-refractivity contribution in [2.75, 3.05) is 6.54 Å². The maximum Gasteiger partial charge on any atom is 0.0704 e. The third-order valence-corrected chi connectivity index (χ3v) is 4.40. The van der Waals surface area contributed by atoms with Gasteiger partial charge in [-0.1, -0.05) is 32.0 Å². The summed E-state index contributed by atoms with van der Waals surface area (Å²) in [7, 11) is 0. The molecule has 2 heteroatoms. The molecule has 1 N–H and O–H groups in total. The number of aromatic nitrogens is 1. The minimum Gasteiger partial charge on any atom is -0.311 e. The molecule has 3 rings (SSSR count). The van der Waals surface area contributed by atoms with Gasteiger partial charge < -0.3 is 5.32 Å². The lowest BCUT2D eigenvalue weighted by Gasteiger charge is -2.32. The maximum atomic E-state index is 4.48. The Kier molecular flexibility index (Phi) is 3.75. The summed E-state index contributed by atoms with van der Waals surface area (Å²) in [5.74, 6) is 0.730. The fourth-order valence-electron chi connectivity index (χ4n) is 3.72. The molecule has 0 amide bonds. The van der Waals surface area contributed by atoms with Crippen LogP contribution in [0.4, 0.5) is 0 Å². The first-order valence-electron chi connectivity index (χ1n) is 7.76. The van der Waals surface area contributed by atoms with Gasteiger partial charge in [0.05, 0.1) is 5.52 Å². The van der Waals surface area contributed by atoms with Crippen molar-refractivity contribution in [3.63, 3.8) is 0 Å². The molecule has 1 fully saturated rings. The highest BCUT2D eigenvalue weighted by Gasteiger charge is 2.34. The van der Waals surface area contributed by atoms with Gasteiger partial charge in [-0.25, -0.2) is 0 Å². The van der Waals surface area contributed by atoms with Crippen LogP contribution in [0.3, 0.4) is 0 Å². The normalized spacial score (nSPS) is 22.8. The van der Waals surface area contributed by atoms with Crippen molar-refractivity contribution in [1.29, 1.82) is 0 Å². The van der Waals surface area contributed by atoms with E-state index in [4.69, 9.17) is 0 Å². The van der Waals surface area contributed by atoms with Crippen molar-refractivity contribution in [1.82, 2.24) is 10.3 Å². The number of pyridine rings is 1. The Morgan fingerprint density at radius 3 is 2.85 bits per heavy atom. The number of hydrogen-bond acceptors (Lipinski definition) is 2. The van der Waals surface area contributed by atoms with Crippen LogP contribution >= 0.6 is 0 Å². The second-order valence-corrected chi connectivity index (χ2v) is 6.57. The van der Waals surface area contributed by atoms with Crippen LogP contribution in [0.25, 0.3) is 10.9 Å². The van der Waals surface area contributed by atoms with E-state index >= 15 is 0 Å². The maximum absolute atomic E-state index is 4.48. The summed E-state index contributed by atoms with van der Waals surface area (Å²) in [5.41, 5.74) is 2.84. The van der Waals surface area contributed by atoms with Gasteiger partial charge in [0.2, 0.25) is 0 Å². The average molecular weight is 268 g/mol. The number of rotatable bonds is 4. The summed E-state index contributed by atoms with van der Waals surface area (Å²) in [6.45, 7) is 5.81. The fourth-order valence-corrected chi connectivity index (χ4v) is 3.72. The lowest BCUT2D eigenvalue weighted by molar-refractivity contribution is 0.302. The summed E-state index contributed by atoms with van der Waals surface area (Å²) in [6.07, 6.45) is 6.92. The van der Waals surface area contributed by atoms with Gasteiger partial charge in [0.15, 0.2) is 0 Å². The highest BCUT2D eigenvalue weighted by molar-refractivity contribution is 5.81. The number of hydrogen-bond donors (Lipinski definition) is 1. The van der Waals surface area contributed by atoms with E-state index in [9.17, 15) is 0 Å². The smallest absolute Gasteiger partial charge is 0.0704 e. The van der Waals surface area contributed by atoms with Crippen LogP contribution in [0.5, 0.6) is 0 Å². The van der Waals surface area contributed by atoms with Crippen LogP contribution in [-0.2, 0) is 6.42 Å². The first-order chi connectivity index (χ1) is 9.69. The standard InChI is InChI=1S/C18H24N2/c1-14(2)12-18(9-5-10-20-18)13-15-8-11-19-17-7-4-3-6-16(15)17/h3-4,6-8,11,14,20H,5,9-10,12-13H2,1-2H3. The second kappa shape index (κ2) is 5.53. The zero-order chi connectivity index (χ0) is 14.0. The molecule has 0 spiro atoms. The Morgan fingerprint density at radius 2 is 2.10 bits per heavy atom. The van der Waals surface area contributed by atoms with Crippen LogP contribution in [0.15, 0.2) is 36.5 Å². The van der Waals surface area contributed by atoms with Crippen LogP contribution < -0.4 is 5.32 Å². The number of benzene rings is 1. The topological polar surface area (TPSA) is 24.9 Å². The van der Waals surface area contributed by atoms with Crippen LogP contribution in [0, 0.1) is 5.92 Å². The largest absolute Gasteiger partial charge is 0.311 e. The van der Waals surface area contributed by atoms with Gasteiger partial charge in [-0.2, -0.15) is 0 Å². The van der Waals surface area contributed by atoms with Gasteiger partial charge >= 0.3 is 0 Å². The zero-order valence-corrected chi connectivity index (χ0v) is 12.5. The zero-order valence-electron chi connectivity index (χ0n) is 12.5. The minimum absolute atomic E-state index is 0.290. The van der Waals surface area contributed by atoms with Crippen molar-refractivity contribution in [2.45, 2.75) is 45.1 Å². The lowest BCUT2D eigenvalue weighted by Crippen LogP contribution is -2.43. The minimum atomic E-state index is 0.290. The summed E-state index contributed by atoms with van der Waals surface area (Å²) in [4.78, 5) is 4.48. The summed E-state index contributed by atoms with van der Waals surface area (Å²) >= 11 is 0. The molecule has 2 aromatic rings. The molecule has 0 radical (unpaired) electrons. The Morgan fingerprint density at radius 1 is 1.25 bits per heavy atom. The molecular weight excluding hydrogens is 244 g/mol. The van der Waals surface area contributed by atoms with Crippen molar-refractivity contribution in [3.05, 3.63) is 42.1 Å². The molecule has 1 aromatic carbocycles. The molecule has 0 bridgehead atoms. The highest BCUT2D eigenvalue weighted by Crippen LogP contribution is 2.32. The SMILES string of the molecule is CC(C)CC1(Cc2ccnc3ccccc23)CCCN1. The van der Waals surface area contributed by atoms with Crippen molar-refractivity contribution in [2.24, 2.45) is 5.92 Å². The quantitative estimate of drug-likeness (QED) is 0.908. The van der Waals surface area contributed by atoms with Crippen molar-refractivity contribution in [3.8, 4) is 0 Å². The molecule has 2 heterocycles. The molecular formula is C18H24N2. The third-order valence-electron chi connectivity index (χ3n) is 4.40. The van der Waals surface area contributed by atoms with E-state index in [1.807, 2.05) is 6.20 Å². The van der Waals surface area contributed by atoms with Gasteiger partial charge in [-0.05, 0) is 55.8 Å². The highest BCUT2D eigenvalue weighted by atomic mass is 15.0. The molecule has 106 valence electrons. The van der Waals surface area contributed by atoms with Crippen LogP contribution in [-0.4, -0.2) is 17.1 Å². The number of fused-ring (bicyclic) bond motifs is 1. The molecule has 1 atom stereocenters. The van der Waals surface area contributed by atoms with E-state index in [1.165, 1.54) is 30.2 Å². The summed E-state index contributed by atoms with van der Waals surface area (Å²) in [5, 5.41) is 5.11. The molecule has 20 heavy (non-hydrogen) atoms. The third kappa shape index (κ3) is 2.71. The van der Waals surface area contributed by atoms with Gasteiger partial charge in [-0.3, -0.25) is 4.98 Å². The summed E-state index contributed by atoms with van der Waals surface area (Å²) in [6, 6.07) is 10.7. The Hall–Kier alpha value is -1.41. The monoisotopic (exact) mass is 268 g/mol.